The second-order valence-electron chi connectivity index (χ2n) is 6.25. The average Bonchev–Trinajstić information content (AvgIpc) is 3.31. The van der Waals surface area contributed by atoms with Crippen LogP contribution in [0.1, 0.15) is 17.3 Å². The van der Waals surface area contributed by atoms with Crippen LogP contribution in [0, 0.1) is 0 Å². The van der Waals surface area contributed by atoms with E-state index >= 15 is 0 Å². The Bertz CT molecular complexity index is 1270. The molecule has 0 fully saturated rings. The van der Waals surface area contributed by atoms with Crippen LogP contribution in [0.15, 0.2) is 59.6 Å². The number of benzene rings is 3. The number of rotatable bonds is 2. The zero-order valence-corrected chi connectivity index (χ0v) is 15.5. The molecule has 3 aromatic carbocycles. The molecule has 1 aliphatic rings. The van der Waals surface area contributed by atoms with Crippen LogP contribution in [-0.2, 0) is 6.54 Å². The quantitative estimate of drug-likeness (QED) is 0.523. The summed E-state index contributed by atoms with van der Waals surface area (Å²) in [7, 11) is 0. The minimum absolute atomic E-state index is 0.184. The molecule has 4 aromatic rings. The summed E-state index contributed by atoms with van der Waals surface area (Å²) < 4.78 is 13.9. The SMILES string of the molecule is CCn1c(=NC(=O)c2ccc3c(c2)OCO3)sc2c3ccccc3ccc21. The van der Waals surface area contributed by atoms with Crippen molar-refractivity contribution in [3.05, 3.63) is 65.0 Å². The highest BCUT2D eigenvalue weighted by atomic mass is 32.1. The topological polar surface area (TPSA) is 52.8 Å². The normalized spacial score (nSPS) is 13.6. The molecule has 1 amide bonds. The number of amides is 1. The maximum absolute atomic E-state index is 12.8. The zero-order valence-electron chi connectivity index (χ0n) is 14.6. The highest BCUT2D eigenvalue weighted by Crippen LogP contribution is 2.33. The monoisotopic (exact) mass is 376 g/mol. The van der Waals surface area contributed by atoms with Gasteiger partial charge in [0, 0.05) is 17.5 Å². The Kier molecular flexibility index (Phi) is 3.72. The second-order valence-corrected chi connectivity index (χ2v) is 7.23. The van der Waals surface area contributed by atoms with Gasteiger partial charge < -0.3 is 14.0 Å². The molecule has 1 aliphatic heterocycles. The van der Waals surface area contributed by atoms with Crippen molar-refractivity contribution in [2.24, 2.45) is 4.99 Å². The molecule has 2 heterocycles. The second kappa shape index (κ2) is 6.25. The third-order valence-electron chi connectivity index (χ3n) is 4.71. The highest BCUT2D eigenvalue weighted by Gasteiger charge is 2.16. The van der Waals surface area contributed by atoms with Gasteiger partial charge in [0.1, 0.15) is 0 Å². The Morgan fingerprint density at radius 2 is 1.96 bits per heavy atom. The van der Waals surface area contributed by atoms with Gasteiger partial charge in [-0.2, -0.15) is 4.99 Å². The Balaban J connectivity index is 1.67. The predicted molar refractivity (Wildman–Crippen MR) is 105 cm³/mol. The van der Waals surface area contributed by atoms with Gasteiger partial charge in [-0.15, -0.1) is 0 Å². The van der Waals surface area contributed by atoms with Gasteiger partial charge in [-0.25, -0.2) is 0 Å². The van der Waals surface area contributed by atoms with Crippen molar-refractivity contribution in [2.75, 3.05) is 6.79 Å². The van der Waals surface area contributed by atoms with Crippen molar-refractivity contribution in [2.45, 2.75) is 13.5 Å². The summed E-state index contributed by atoms with van der Waals surface area (Å²) in [5.74, 6) is 0.955. The van der Waals surface area contributed by atoms with E-state index in [1.807, 2.05) is 12.1 Å². The number of nitrogens with zero attached hydrogens (tertiary/aromatic N) is 2. The van der Waals surface area contributed by atoms with E-state index < -0.39 is 0 Å². The van der Waals surface area contributed by atoms with Crippen LogP contribution in [0.4, 0.5) is 0 Å². The number of fused-ring (bicyclic) bond motifs is 4. The number of carbonyl (C=O) groups excluding carboxylic acids is 1. The molecule has 27 heavy (non-hydrogen) atoms. The van der Waals surface area contributed by atoms with Gasteiger partial charge in [0.25, 0.3) is 5.91 Å². The summed E-state index contributed by atoms with van der Waals surface area (Å²) >= 11 is 1.55. The first-order chi connectivity index (χ1) is 13.2. The van der Waals surface area contributed by atoms with E-state index in [0.29, 0.717) is 21.9 Å². The van der Waals surface area contributed by atoms with E-state index in [1.54, 1.807) is 29.5 Å². The van der Waals surface area contributed by atoms with E-state index in [0.717, 1.165) is 16.8 Å². The van der Waals surface area contributed by atoms with E-state index in [-0.39, 0.29) is 12.7 Å². The number of hydrogen-bond donors (Lipinski definition) is 0. The standard InChI is InChI=1S/C21H16N2O3S/c1-2-23-16-9-7-13-5-3-4-6-15(13)19(16)27-21(23)22-20(24)14-8-10-17-18(11-14)26-12-25-17/h3-11H,2,12H2,1H3. The molecule has 134 valence electrons. The van der Waals surface area contributed by atoms with Crippen LogP contribution >= 0.6 is 11.3 Å². The van der Waals surface area contributed by atoms with Gasteiger partial charge in [-0.3, -0.25) is 4.79 Å². The fourth-order valence-electron chi connectivity index (χ4n) is 3.37. The fourth-order valence-corrected chi connectivity index (χ4v) is 4.60. The van der Waals surface area contributed by atoms with Crippen molar-refractivity contribution in [3.8, 4) is 11.5 Å². The molecule has 6 heteroatoms. The Morgan fingerprint density at radius 3 is 2.85 bits per heavy atom. The molecule has 5 rings (SSSR count). The van der Waals surface area contributed by atoms with Gasteiger partial charge in [-0.05, 0) is 36.6 Å². The molecule has 5 nitrogen and oxygen atoms in total. The summed E-state index contributed by atoms with van der Waals surface area (Å²) in [6.45, 7) is 2.99. The lowest BCUT2D eigenvalue weighted by Gasteiger charge is -2.02. The maximum Gasteiger partial charge on any atom is 0.279 e. The summed E-state index contributed by atoms with van der Waals surface area (Å²) in [6, 6.07) is 17.6. The lowest BCUT2D eigenvalue weighted by molar-refractivity contribution is 0.0997. The summed E-state index contributed by atoms with van der Waals surface area (Å²) in [6.07, 6.45) is 0. The molecule has 0 spiro atoms. The third-order valence-corrected chi connectivity index (χ3v) is 5.83. The molecular formula is C21H16N2O3S. The lowest BCUT2D eigenvalue weighted by Crippen LogP contribution is -2.15. The minimum Gasteiger partial charge on any atom is -0.454 e. The number of ether oxygens (including phenoxy) is 2. The molecule has 0 unspecified atom stereocenters. The molecule has 1 aromatic heterocycles. The smallest absolute Gasteiger partial charge is 0.279 e. The number of aromatic nitrogens is 1. The van der Waals surface area contributed by atoms with E-state index in [1.165, 1.54) is 10.8 Å². The Morgan fingerprint density at radius 1 is 1.11 bits per heavy atom. The van der Waals surface area contributed by atoms with Crippen molar-refractivity contribution < 1.29 is 14.3 Å². The molecule has 0 aliphatic carbocycles. The van der Waals surface area contributed by atoms with Crippen LogP contribution in [0.5, 0.6) is 11.5 Å². The third kappa shape index (κ3) is 2.61. The first-order valence-electron chi connectivity index (χ1n) is 8.74. The molecule has 0 saturated heterocycles. The molecule has 0 bridgehead atoms. The Labute approximate surface area is 159 Å². The molecule has 0 N–H and O–H groups in total. The maximum atomic E-state index is 12.8. The van der Waals surface area contributed by atoms with Crippen LogP contribution in [-0.4, -0.2) is 17.3 Å². The Hall–Kier alpha value is -3.12. The fraction of sp³-hybridized carbons (Fsp3) is 0.143. The minimum atomic E-state index is -0.286. The summed E-state index contributed by atoms with van der Waals surface area (Å²) in [5.41, 5.74) is 1.59. The molecule has 0 atom stereocenters. The van der Waals surface area contributed by atoms with Crippen molar-refractivity contribution in [3.63, 3.8) is 0 Å². The number of aryl methyl sites for hydroxylation is 1. The number of carbonyl (C=O) groups is 1. The van der Waals surface area contributed by atoms with Crippen molar-refractivity contribution in [1.82, 2.24) is 4.57 Å². The average molecular weight is 376 g/mol. The van der Waals surface area contributed by atoms with E-state index in [2.05, 4.69) is 40.7 Å². The van der Waals surface area contributed by atoms with Crippen LogP contribution < -0.4 is 14.3 Å². The summed E-state index contributed by atoms with van der Waals surface area (Å²) in [5, 5.41) is 2.36. The first kappa shape index (κ1) is 16.1. The zero-order chi connectivity index (χ0) is 18.4. The highest BCUT2D eigenvalue weighted by molar-refractivity contribution is 7.17. The predicted octanol–water partition coefficient (Wildman–Crippen LogP) is 4.35. The van der Waals surface area contributed by atoms with Gasteiger partial charge in [-0.1, -0.05) is 41.7 Å². The van der Waals surface area contributed by atoms with E-state index in [9.17, 15) is 4.79 Å². The summed E-state index contributed by atoms with van der Waals surface area (Å²) in [4.78, 5) is 17.9. The van der Waals surface area contributed by atoms with Crippen LogP contribution in [0.3, 0.4) is 0 Å². The first-order valence-corrected chi connectivity index (χ1v) is 9.56. The van der Waals surface area contributed by atoms with Gasteiger partial charge >= 0.3 is 0 Å². The van der Waals surface area contributed by atoms with Gasteiger partial charge in [0.15, 0.2) is 16.3 Å². The van der Waals surface area contributed by atoms with Crippen LogP contribution in [0.25, 0.3) is 21.0 Å². The van der Waals surface area contributed by atoms with Gasteiger partial charge in [0.05, 0.1) is 10.2 Å². The number of hydrogen-bond acceptors (Lipinski definition) is 4. The lowest BCUT2D eigenvalue weighted by atomic mass is 10.1. The van der Waals surface area contributed by atoms with Crippen molar-refractivity contribution in [1.29, 1.82) is 0 Å². The molecule has 0 radical (unpaired) electrons. The molecule has 0 saturated carbocycles. The van der Waals surface area contributed by atoms with E-state index in [4.69, 9.17) is 9.47 Å². The molecular weight excluding hydrogens is 360 g/mol. The number of thiazole rings is 1. The largest absolute Gasteiger partial charge is 0.454 e. The van der Waals surface area contributed by atoms with Crippen LogP contribution in [0.2, 0.25) is 0 Å². The van der Waals surface area contributed by atoms with Crippen molar-refractivity contribution >= 4 is 38.2 Å². The van der Waals surface area contributed by atoms with Gasteiger partial charge in [0.2, 0.25) is 6.79 Å².